The molecule has 3 nitrogen and oxygen atoms in total. The standard InChI is InChI=1S/C15H11BrF2N2O/c16-10-4-11-9(5-19-15(11)20-6-10)7-21-8-12-13(17)2-1-3-14(12)18/h1-6H,7-8H2,(H,19,20). The topological polar surface area (TPSA) is 37.9 Å². The van der Waals surface area contributed by atoms with Crippen LogP contribution >= 0.6 is 15.9 Å². The molecule has 2 heterocycles. The van der Waals surface area contributed by atoms with Gasteiger partial charge in [0.25, 0.3) is 0 Å². The molecule has 108 valence electrons. The summed E-state index contributed by atoms with van der Waals surface area (Å²) in [4.78, 5) is 7.24. The molecule has 21 heavy (non-hydrogen) atoms. The number of rotatable bonds is 4. The Bertz CT molecular complexity index is 768. The summed E-state index contributed by atoms with van der Waals surface area (Å²) in [6.45, 7) is 0.124. The zero-order chi connectivity index (χ0) is 14.8. The Morgan fingerprint density at radius 2 is 1.95 bits per heavy atom. The van der Waals surface area contributed by atoms with Crippen molar-refractivity contribution in [3.63, 3.8) is 0 Å². The van der Waals surface area contributed by atoms with Crippen LogP contribution in [0.5, 0.6) is 0 Å². The van der Waals surface area contributed by atoms with E-state index >= 15 is 0 Å². The molecule has 0 bridgehead atoms. The van der Waals surface area contributed by atoms with Crippen molar-refractivity contribution in [1.29, 1.82) is 0 Å². The van der Waals surface area contributed by atoms with Gasteiger partial charge in [0.1, 0.15) is 17.3 Å². The molecule has 0 aliphatic carbocycles. The molecule has 1 N–H and O–H groups in total. The number of nitrogens with zero attached hydrogens (tertiary/aromatic N) is 1. The first-order valence-electron chi connectivity index (χ1n) is 6.27. The zero-order valence-corrected chi connectivity index (χ0v) is 12.5. The zero-order valence-electron chi connectivity index (χ0n) is 10.9. The lowest BCUT2D eigenvalue weighted by Gasteiger charge is -2.06. The molecular weight excluding hydrogens is 342 g/mol. The van der Waals surface area contributed by atoms with Crippen molar-refractivity contribution in [2.45, 2.75) is 13.2 Å². The number of hydrogen-bond donors (Lipinski definition) is 1. The van der Waals surface area contributed by atoms with Gasteiger partial charge in [-0.25, -0.2) is 13.8 Å². The molecule has 0 fully saturated rings. The highest BCUT2D eigenvalue weighted by molar-refractivity contribution is 9.10. The van der Waals surface area contributed by atoms with Gasteiger partial charge < -0.3 is 9.72 Å². The molecule has 0 unspecified atom stereocenters. The van der Waals surface area contributed by atoms with E-state index in [-0.39, 0.29) is 18.8 Å². The quantitative estimate of drug-likeness (QED) is 0.759. The van der Waals surface area contributed by atoms with Crippen LogP contribution in [0.4, 0.5) is 8.78 Å². The summed E-state index contributed by atoms with van der Waals surface area (Å²) in [5.41, 5.74) is 1.57. The fourth-order valence-corrected chi connectivity index (χ4v) is 2.42. The van der Waals surface area contributed by atoms with Crippen molar-refractivity contribution >= 4 is 27.0 Å². The third-order valence-corrected chi connectivity index (χ3v) is 3.58. The first-order valence-corrected chi connectivity index (χ1v) is 7.06. The van der Waals surface area contributed by atoms with E-state index in [1.165, 1.54) is 18.2 Å². The smallest absolute Gasteiger partial charge is 0.137 e. The summed E-state index contributed by atoms with van der Waals surface area (Å²) < 4.78 is 33.2. The van der Waals surface area contributed by atoms with Crippen LogP contribution in [0.1, 0.15) is 11.1 Å². The Morgan fingerprint density at radius 1 is 1.19 bits per heavy atom. The first kappa shape index (κ1) is 14.2. The predicted molar refractivity (Wildman–Crippen MR) is 78.6 cm³/mol. The van der Waals surface area contributed by atoms with Crippen molar-refractivity contribution in [3.05, 3.63) is 63.9 Å². The summed E-state index contributed by atoms with van der Waals surface area (Å²) in [7, 11) is 0. The normalized spacial score (nSPS) is 11.2. The van der Waals surface area contributed by atoms with Crippen LogP contribution in [0.15, 0.2) is 41.1 Å². The Kier molecular flexibility index (Phi) is 3.98. The maximum Gasteiger partial charge on any atom is 0.137 e. The fourth-order valence-electron chi connectivity index (χ4n) is 2.08. The maximum absolute atomic E-state index is 13.5. The van der Waals surface area contributed by atoms with E-state index in [9.17, 15) is 8.78 Å². The molecule has 0 spiro atoms. The number of hydrogen-bond acceptors (Lipinski definition) is 2. The third kappa shape index (κ3) is 2.96. The minimum atomic E-state index is -0.599. The van der Waals surface area contributed by atoms with Crippen molar-refractivity contribution < 1.29 is 13.5 Å². The molecule has 0 aliphatic rings. The number of fused-ring (bicyclic) bond motifs is 1. The number of pyridine rings is 1. The number of ether oxygens (including phenoxy) is 1. The summed E-state index contributed by atoms with van der Waals surface area (Å²) in [5, 5.41) is 0.915. The van der Waals surface area contributed by atoms with E-state index in [1.807, 2.05) is 6.07 Å². The molecule has 0 amide bonds. The lowest BCUT2D eigenvalue weighted by atomic mass is 10.2. The van der Waals surface area contributed by atoms with E-state index in [4.69, 9.17) is 4.74 Å². The lowest BCUT2D eigenvalue weighted by molar-refractivity contribution is 0.103. The van der Waals surface area contributed by atoms with E-state index in [1.54, 1.807) is 12.4 Å². The SMILES string of the molecule is Fc1cccc(F)c1COCc1c[nH]c2ncc(Br)cc12. The van der Waals surface area contributed by atoms with Crippen molar-refractivity contribution in [3.8, 4) is 0 Å². The molecular formula is C15H11BrF2N2O. The second-order valence-electron chi connectivity index (χ2n) is 4.56. The minimum Gasteiger partial charge on any atom is -0.372 e. The highest BCUT2D eigenvalue weighted by atomic mass is 79.9. The third-order valence-electron chi connectivity index (χ3n) is 3.15. The van der Waals surface area contributed by atoms with E-state index < -0.39 is 11.6 Å². The van der Waals surface area contributed by atoms with Crippen LogP contribution in [0.25, 0.3) is 11.0 Å². The molecule has 0 saturated heterocycles. The van der Waals surface area contributed by atoms with Crippen molar-refractivity contribution in [2.24, 2.45) is 0 Å². The largest absolute Gasteiger partial charge is 0.372 e. The van der Waals surface area contributed by atoms with Crippen LogP contribution in [0.3, 0.4) is 0 Å². The minimum absolute atomic E-state index is 0.0587. The number of nitrogens with one attached hydrogen (secondary N) is 1. The van der Waals surface area contributed by atoms with Gasteiger partial charge in [0.15, 0.2) is 0 Å². The number of aromatic nitrogens is 2. The van der Waals surface area contributed by atoms with Crippen LogP contribution < -0.4 is 0 Å². The maximum atomic E-state index is 13.5. The van der Waals surface area contributed by atoms with E-state index in [0.717, 1.165) is 21.1 Å². The Hall–Kier alpha value is -1.79. The molecule has 0 radical (unpaired) electrons. The number of aromatic amines is 1. The highest BCUT2D eigenvalue weighted by Crippen LogP contribution is 2.22. The van der Waals surface area contributed by atoms with Gasteiger partial charge in [-0.05, 0) is 34.1 Å². The molecule has 0 atom stereocenters. The lowest BCUT2D eigenvalue weighted by Crippen LogP contribution is -1.99. The van der Waals surface area contributed by atoms with Gasteiger partial charge in [-0.3, -0.25) is 0 Å². The second-order valence-corrected chi connectivity index (χ2v) is 5.47. The average molecular weight is 353 g/mol. The Balaban J connectivity index is 1.74. The van der Waals surface area contributed by atoms with Crippen LogP contribution in [0, 0.1) is 11.6 Å². The van der Waals surface area contributed by atoms with Gasteiger partial charge in [0.2, 0.25) is 0 Å². The van der Waals surface area contributed by atoms with Gasteiger partial charge in [-0.1, -0.05) is 6.07 Å². The van der Waals surface area contributed by atoms with Gasteiger partial charge in [-0.2, -0.15) is 0 Å². The molecule has 3 aromatic rings. The number of benzene rings is 1. The molecule has 6 heteroatoms. The van der Waals surface area contributed by atoms with E-state index in [0.29, 0.717) is 0 Å². The number of halogens is 3. The van der Waals surface area contributed by atoms with Crippen molar-refractivity contribution in [1.82, 2.24) is 9.97 Å². The highest BCUT2D eigenvalue weighted by Gasteiger charge is 2.10. The monoisotopic (exact) mass is 352 g/mol. The van der Waals surface area contributed by atoms with E-state index in [2.05, 4.69) is 25.9 Å². The molecule has 2 aromatic heterocycles. The average Bonchev–Trinajstić information content (AvgIpc) is 2.84. The van der Waals surface area contributed by atoms with Gasteiger partial charge in [0.05, 0.1) is 13.2 Å². The van der Waals surface area contributed by atoms with Crippen LogP contribution in [0.2, 0.25) is 0 Å². The molecule has 0 aliphatic heterocycles. The van der Waals surface area contributed by atoms with Crippen LogP contribution in [-0.2, 0) is 18.0 Å². The number of H-pyrrole nitrogens is 1. The molecule has 0 saturated carbocycles. The first-order chi connectivity index (χ1) is 10.1. The second kappa shape index (κ2) is 5.91. The molecule has 1 aromatic carbocycles. The van der Waals surface area contributed by atoms with Gasteiger partial charge in [-0.15, -0.1) is 0 Å². The predicted octanol–water partition coefficient (Wildman–Crippen LogP) is 4.32. The summed E-state index contributed by atoms with van der Waals surface area (Å²) >= 11 is 3.36. The Morgan fingerprint density at radius 3 is 2.71 bits per heavy atom. The van der Waals surface area contributed by atoms with Crippen LogP contribution in [-0.4, -0.2) is 9.97 Å². The molecule has 3 rings (SSSR count). The fraction of sp³-hybridized carbons (Fsp3) is 0.133. The summed E-state index contributed by atoms with van der Waals surface area (Å²) in [6.07, 6.45) is 3.47. The van der Waals surface area contributed by atoms with Crippen molar-refractivity contribution in [2.75, 3.05) is 0 Å². The summed E-state index contributed by atoms with van der Waals surface area (Å²) in [6, 6.07) is 5.68. The Labute approximate surface area is 128 Å². The van der Waals surface area contributed by atoms with Gasteiger partial charge in [0, 0.05) is 33.4 Å². The summed E-state index contributed by atoms with van der Waals surface area (Å²) in [5.74, 6) is -1.20. The van der Waals surface area contributed by atoms with Gasteiger partial charge >= 0.3 is 0 Å².